The Hall–Kier alpha value is -3.36. The van der Waals surface area contributed by atoms with Crippen molar-refractivity contribution in [2.24, 2.45) is 5.92 Å². The number of nitrogens with one attached hydrogen (secondary N) is 1. The summed E-state index contributed by atoms with van der Waals surface area (Å²) in [4.78, 5) is 28.3. The van der Waals surface area contributed by atoms with E-state index >= 15 is 0 Å². The maximum absolute atomic E-state index is 13.9. The fourth-order valence-corrected chi connectivity index (χ4v) is 5.47. The van der Waals surface area contributed by atoms with Crippen LogP contribution in [0.3, 0.4) is 0 Å². The van der Waals surface area contributed by atoms with Gasteiger partial charge in [0.05, 0.1) is 10.6 Å². The number of anilines is 1. The Labute approximate surface area is 230 Å². The van der Waals surface area contributed by atoms with E-state index in [4.69, 9.17) is 11.6 Å². The average molecular weight is 556 g/mol. The van der Waals surface area contributed by atoms with Crippen LogP contribution in [0.1, 0.15) is 31.9 Å². The van der Waals surface area contributed by atoms with Gasteiger partial charge in [0.15, 0.2) is 0 Å². The minimum Gasteiger partial charge on any atom is -0.354 e. The molecular formula is C29H34ClN3O4S. The van der Waals surface area contributed by atoms with Crippen LogP contribution < -0.4 is 9.62 Å². The summed E-state index contributed by atoms with van der Waals surface area (Å²) >= 11 is 6.17. The van der Waals surface area contributed by atoms with Crippen LogP contribution in [0, 0.1) is 12.8 Å². The molecule has 3 rings (SSSR count). The Kier molecular flexibility index (Phi) is 9.94. The van der Waals surface area contributed by atoms with Gasteiger partial charge in [0, 0.05) is 18.1 Å². The number of carbonyl (C=O) groups excluding carboxylic acids is 2. The van der Waals surface area contributed by atoms with Crippen LogP contribution in [0.15, 0.2) is 83.8 Å². The van der Waals surface area contributed by atoms with Crippen molar-refractivity contribution in [3.05, 3.63) is 95.0 Å². The molecule has 0 unspecified atom stereocenters. The van der Waals surface area contributed by atoms with Crippen LogP contribution in [0.25, 0.3) is 0 Å². The van der Waals surface area contributed by atoms with E-state index in [0.717, 1.165) is 15.4 Å². The predicted molar refractivity (Wildman–Crippen MR) is 151 cm³/mol. The Morgan fingerprint density at radius 3 is 2.18 bits per heavy atom. The van der Waals surface area contributed by atoms with Crippen molar-refractivity contribution in [2.75, 3.05) is 17.4 Å². The molecule has 0 spiro atoms. The molecule has 7 nitrogen and oxygen atoms in total. The Morgan fingerprint density at radius 2 is 1.58 bits per heavy atom. The van der Waals surface area contributed by atoms with Crippen molar-refractivity contribution in [1.82, 2.24) is 10.2 Å². The summed E-state index contributed by atoms with van der Waals surface area (Å²) in [5, 5.41) is 3.37. The summed E-state index contributed by atoms with van der Waals surface area (Å²) in [6, 6.07) is 21.1. The van der Waals surface area contributed by atoms with Crippen molar-refractivity contribution in [3.8, 4) is 0 Å². The first kappa shape index (κ1) is 29.2. The second-order valence-electron chi connectivity index (χ2n) is 9.63. The zero-order valence-corrected chi connectivity index (χ0v) is 23.7. The fourth-order valence-electron chi connectivity index (χ4n) is 3.83. The zero-order chi connectivity index (χ0) is 27.9. The van der Waals surface area contributed by atoms with Crippen molar-refractivity contribution >= 4 is 39.1 Å². The molecule has 1 N–H and O–H groups in total. The van der Waals surface area contributed by atoms with Gasteiger partial charge in [-0.25, -0.2) is 8.42 Å². The molecular weight excluding hydrogens is 522 g/mol. The van der Waals surface area contributed by atoms with Crippen molar-refractivity contribution in [3.63, 3.8) is 0 Å². The van der Waals surface area contributed by atoms with E-state index in [1.54, 1.807) is 67.6 Å². The van der Waals surface area contributed by atoms with Crippen molar-refractivity contribution in [2.45, 2.75) is 45.2 Å². The molecule has 9 heteroatoms. The number of carbonyl (C=O) groups is 2. The smallest absolute Gasteiger partial charge is 0.264 e. The molecule has 0 aliphatic rings. The van der Waals surface area contributed by atoms with E-state index in [2.05, 4.69) is 5.32 Å². The molecule has 0 fully saturated rings. The van der Waals surface area contributed by atoms with Crippen LogP contribution in [-0.4, -0.2) is 44.3 Å². The average Bonchev–Trinajstić information content (AvgIpc) is 2.89. The second kappa shape index (κ2) is 12.9. The van der Waals surface area contributed by atoms with Crippen LogP contribution in [0.5, 0.6) is 0 Å². The summed E-state index contributed by atoms with van der Waals surface area (Å²) in [6.45, 7) is 7.56. The second-order valence-corrected chi connectivity index (χ2v) is 11.9. The quantitative estimate of drug-likeness (QED) is 0.359. The van der Waals surface area contributed by atoms with Crippen LogP contribution in [-0.2, 0) is 26.2 Å². The molecule has 0 aliphatic heterocycles. The van der Waals surface area contributed by atoms with Gasteiger partial charge in [-0.1, -0.05) is 73.5 Å². The minimum atomic E-state index is -4.08. The van der Waals surface area contributed by atoms with Crippen LogP contribution in [0.2, 0.25) is 5.02 Å². The van der Waals surface area contributed by atoms with Gasteiger partial charge >= 0.3 is 0 Å². The maximum Gasteiger partial charge on any atom is 0.264 e. The number of rotatable bonds is 11. The highest BCUT2D eigenvalue weighted by molar-refractivity contribution is 7.92. The van der Waals surface area contributed by atoms with Gasteiger partial charge in [0.1, 0.15) is 12.6 Å². The molecule has 3 aromatic rings. The summed E-state index contributed by atoms with van der Waals surface area (Å²) in [5.74, 6) is -0.601. The van der Waals surface area contributed by atoms with Crippen molar-refractivity contribution < 1.29 is 18.0 Å². The third kappa shape index (κ3) is 7.58. The fraction of sp³-hybridized carbons (Fsp3) is 0.310. The first-order valence-electron chi connectivity index (χ1n) is 12.4. The Balaban J connectivity index is 1.99. The molecule has 2 amide bonds. The van der Waals surface area contributed by atoms with E-state index in [-0.39, 0.29) is 23.3 Å². The number of nitrogens with zero attached hydrogens (tertiary/aromatic N) is 2. The molecule has 3 aromatic carbocycles. The van der Waals surface area contributed by atoms with E-state index in [1.165, 1.54) is 17.0 Å². The monoisotopic (exact) mass is 555 g/mol. The highest BCUT2D eigenvalue weighted by Crippen LogP contribution is 2.25. The number of hydrogen-bond acceptors (Lipinski definition) is 4. The largest absolute Gasteiger partial charge is 0.354 e. The predicted octanol–water partition coefficient (Wildman–Crippen LogP) is 5.03. The SMILES string of the molecule is Cc1ccc(N(CC(=O)N(Cc2cccc(Cl)c2)[C@H](C)C(=O)NCC(C)C)S(=O)(=O)c2ccccc2)cc1. The number of aryl methyl sites for hydroxylation is 1. The summed E-state index contributed by atoms with van der Waals surface area (Å²) in [7, 11) is -4.08. The molecule has 0 heterocycles. The number of hydrogen-bond donors (Lipinski definition) is 1. The van der Waals surface area contributed by atoms with Crippen LogP contribution in [0.4, 0.5) is 5.69 Å². The van der Waals surface area contributed by atoms with Gasteiger partial charge in [-0.3, -0.25) is 13.9 Å². The van der Waals surface area contributed by atoms with Gasteiger partial charge in [-0.05, 0) is 61.7 Å². The summed E-state index contributed by atoms with van der Waals surface area (Å²) in [5.41, 5.74) is 2.03. The van der Waals surface area contributed by atoms with Gasteiger partial charge < -0.3 is 10.2 Å². The molecule has 0 saturated carbocycles. The van der Waals surface area contributed by atoms with Gasteiger partial charge in [-0.2, -0.15) is 0 Å². The van der Waals surface area contributed by atoms with E-state index < -0.39 is 28.5 Å². The topological polar surface area (TPSA) is 86.8 Å². The highest BCUT2D eigenvalue weighted by Gasteiger charge is 2.32. The van der Waals surface area contributed by atoms with E-state index in [1.807, 2.05) is 26.8 Å². The number of amides is 2. The van der Waals surface area contributed by atoms with Crippen molar-refractivity contribution in [1.29, 1.82) is 0 Å². The highest BCUT2D eigenvalue weighted by atomic mass is 35.5. The van der Waals surface area contributed by atoms with Gasteiger partial charge in [-0.15, -0.1) is 0 Å². The first-order chi connectivity index (χ1) is 18.0. The molecule has 1 atom stereocenters. The summed E-state index contributed by atoms with van der Waals surface area (Å²) < 4.78 is 28.5. The molecule has 0 aromatic heterocycles. The lowest BCUT2D eigenvalue weighted by Gasteiger charge is -2.32. The lowest BCUT2D eigenvalue weighted by atomic mass is 10.1. The molecule has 0 radical (unpaired) electrons. The Morgan fingerprint density at radius 1 is 0.921 bits per heavy atom. The number of sulfonamides is 1. The molecule has 38 heavy (non-hydrogen) atoms. The van der Waals surface area contributed by atoms with Crippen LogP contribution >= 0.6 is 11.6 Å². The molecule has 0 aliphatic carbocycles. The lowest BCUT2D eigenvalue weighted by molar-refractivity contribution is -0.139. The van der Waals surface area contributed by atoms with E-state index in [0.29, 0.717) is 17.3 Å². The van der Waals surface area contributed by atoms with Gasteiger partial charge in [0.25, 0.3) is 10.0 Å². The standard InChI is InChI=1S/C29H34ClN3O4S/c1-21(2)18-31-29(35)23(4)32(19-24-9-8-10-25(30)17-24)28(34)20-33(26-15-13-22(3)14-16-26)38(36,37)27-11-6-5-7-12-27/h5-17,21,23H,18-20H2,1-4H3,(H,31,35)/t23-/m1/s1. The first-order valence-corrected chi connectivity index (χ1v) is 14.3. The molecule has 0 bridgehead atoms. The zero-order valence-electron chi connectivity index (χ0n) is 22.1. The minimum absolute atomic E-state index is 0.0671. The van der Waals surface area contributed by atoms with Gasteiger partial charge in [0.2, 0.25) is 11.8 Å². The molecule has 0 saturated heterocycles. The normalized spacial score (nSPS) is 12.2. The van der Waals surface area contributed by atoms with E-state index in [9.17, 15) is 18.0 Å². The third-order valence-corrected chi connectivity index (χ3v) is 8.05. The number of benzene rings is 3. The summed E-state index contributed by atoms with van der Waals surface area (Å²) in [6.07, 6.45) is 0. The number of halogens is 1. The molecule has 202 valence electrons. The maximum atomic E-state index is 13.9. The lowest BCUT2D eigenvalue weighted by Crippen LogP contribution is -2.51. The third-order valence-electron chi connectivity index (χ3n) is 6.03. The Bertz CT molecular complexity index is 1350.